The molecule has 4 aromatic heterocycles. The number of carbonyl (C=O) groups is 1. The first kappa shape index (κ1) is 20.4. The molecule has 166 valence electrons. The lowest BCUT2D eigenvalue weighted by atomic mass is 10.1. The van der Waals surface area contributed by atoms with E-state index in [1.807, 2.05) is 31.2 Å². The normalized spacial score (nSPS) is 11.1. The van der Waals surface area contributed by atoms with E-state index < -0.39 is 0 Å². The number of benzene rings is 1. The number of nitrogens with zero attached hydrogens (tertiary/aromatic N) is 5. The van der Waals surface area contributed by atoms with Crippen molar-refractivity contribution < 1.29 is 13.9 Å². The number of hydrogen-bond acceptors (Lipinski definition) is 7. The largest absolute Gasteiger partial charge is 0.497 e. The Morgan fingerprint density at radius 3 is 2.76 bits per heavy atom. The predicted octanol–water partition coefficient (Wildman–Crippen LogP) is 3.26. The van der Waals surface area contributed by atoms with Crippen molar-refractivity contribution in [3.63, 3.8) is 0 Å². The molecule has 0 saturated heterocycles. The van der Waals surface area contributed by atoms with Crippen LogP contribution in [0.15, 0.2) is 53.1 Å². The lowest BCUT2D eigenvalue weighted by Gasteiger charge is -2.07. The lowest BCUT2D eigenvalue weighted by molar-refractivity contribution is 0.0951. The summed E-state index contributed by atoms with van der Waals surface area (Å²) in [7, 11) is 3.41. The van der Waals surface area contributed by atoms with Crippen molar-refractivity contribution in [2.75, 3.05) is 7.11 Å². The average molecular weight is 443 g/mol. The van der Waals surface area contributed by atoms with E-state index in [1.54, 1.807) is 43.3 Å². The third-order valence-electron chi connectivity index (χ3n) is 5.28. The lowest BCUT2D eigenvalue weighted by Crippen LogP contribution is -2.24. The number of amides is 1. The zero-order chi connectivity index (χ0) is 22.9. The van der Waals surface area contributed by atoms with Crippen molar-refractivity contribution in [2.45, 2.75) is 13.5 Å². The first-order valence-corrected chi connectivity index (χ1v) is 10.3. The molecule has 33 heavy (non-hydrogen) atoms. The van der Waals surface area contributed by atoms with E-state index in [4.69, 9.17) is 9.15 Å². The van der Waals surface area contributed by atoms with Gasteiger partial charge in [0.25, 0.3) is 5.91 Å². The van der Waals surface area contributed by atoms with Gasteiger partial charge in [-0.15, -0.1) is 0 Å². The minimum Gasteiger partial charge on any atom is -0.497 e. The van der Waals surface area contributed by atoms with Crippen LogP contribution in [0, 0.1) is 6.92 Å². The molecule has 1 aromatic carbocycles. The van der Waals surface area contributed by atoms with Crippen LogP contribution in [0.2, 0.25) is 0 Å². The number of H-pyrrole nitrogens is 1. The van der Waals surface area contributed by atoms with E-state index >= 15 is 0 Å². The summed E-state index contributed by atoms with van der Waals surface area (Å²) in [5, 5.41) is 15.2. The summed E-state index contributed by atoms with van der Waals surface area (Å²) >= 11 is 0. The smallest absolute Gasteiger partial charge is 0.252 e. The van der Waals surface area contributed by atoms with Crippen LogP contribution in [0.25, 0.3) is 33.9 Å². The summed E-state index contributed by atoms with van der Waals surface area (Å²) in [4.78, 5) is 22.3. The van der Waals surface area contributed by atoms with E-state index in [0.717, 1.165) is 17.0 Å². The molecule has 0 aliphatic heterocycles. The van der Waals surface area contributed by atoms with E-state index in [0.29, 0.717) is 39.7 Å². The van der Waals surface area contributed by atoms with Crippen LogP contribution in [0.3, 0.4) is 0 Å². The van der Waals surface area contributed by atoms with E-state index in [9.17, 15) is 4.79 Å². The molecule has 10 heteroatoms. The van der Waals surface area contributed by atoms with Gasteiger partial charge in [-0.3, -0.25) is 14.6 Å². The van der Waals surface area contributed by atoms with Crippen LogP contribution in [0.1, 0.15) is 21.9 Å². The molecule has 5 aromatic rings. The number of pyridine rings is 1. The molecule has 0 radical (unpaired) electrons. The summed E-state index contributed by atoms with van der Waals surface area (Å²) in [6, 6.07) is 12.7. The number of hydrogen-bond donors (Lipinski definition) is 2. The van der Waals surface area contributed by atoms with E-state index in [2.05, 4.69) is 30.6 Å². The van der Waals surface area contributed by atoms with Crippen molar-refractivity contribution in [2.24, 2.45) is 7.05 Å². The van der Waals surface area contributed by atoms with Gasteiger partial charge >= 0.3 is 0 Å². The zero-order valence-electron chi connectivity index (χ0n) is 18.3. The number of methoxy groups -OCH3 is 1. The fourth-order valence-electron chi connectivity index (χ4n) is 3.68. The van der Waals surface area contributed by atoms with Gasteiger partial charge in [0.05, 0.1) is 36.6 Å². The number of furan rings is 1. The van der Waals surface area contributed by atoms with Crippen molar-refractivity contribution in [1.82, 2.24) is 35.3 Å². The molecule has 0 saturated carbocycles. The van der Waals surface area contributed by atoms with E-state index in [-0.39, 0.29) is 12.5 Å². The Labute approximate surface area is 188 Å². The highest BCUT2D eigenvalue weighted by Crippen LogP contribution is 2.27. The van der Waals surface area contributed by atoms with Crippen LogP contribution in [0.4, 0.5) is 0 Å². The summed E-state index contributed by atoms with van der Waals surface area (Å²) in [5.74, 6) is 2.13. The van der Waals surface area contributed by atoms with Gasteiger partial charge in [-0.05, 0) is 49.4 Å². The number of fused-ring (bicyclic) bond motifs is 1. The number of aromatic amines is 1. The maximum atomic E-state index is 13.2. The fourth-order valence-corrected chi connectivity index (χ4v) is 3.68. The quantitative estimate of drug-likeness (QED) is 0.413. The highest BCUT2D eigenvalue weighted by molar-refractivity contribution is 6.07. The SMILES string of the molecule is COc1ccc(-c2n[nH]c(CNC(=O)c3cc(-c4ccco4)nc4c3c(C)nn4C)n2)cc1. The molecule has 0 fully saturated rings. The standard InChI is InChI=1S/C23H21N7O3/c1-13-20-16(11-17(18-5-4-10-33-18)25-22(20)30(2)29-13)23(31)24-12-19-26-21(28-27-19)14-6-8-15(32-3)9-7-14/h4-11H,12H2,1-3H3,(H,24,31)(H,26,27,28). The molecule has 0 unspecified atom stereocenters. The maximum absolute atomic E-state index is 13.2. The predicted molar refractivity (Wildman–Crippen MR) is 120 cm³/mol. The molecular weight excluding hydrogens is 422 g/mol. The average Bonchev–Trinajstić information content (AvgIpc) is 3.59. The molecule has 1 amide bonds. The zero-order valence-corrected chi connectivity index (χ0v) is 18.3. The van der Waals surface area contributed by atoms with Gasteiger partial charge in [0, 0.05) is 12.6 Å². The van der Waals surface area contributed by atoms with Crippen molar-refractivity contribution in [3.8, 4) is 28.6 Å². The number of nitrogens with one attached hydrogen (secondary N) is 2. The van der Waals surface area contributed by atoms with Crippen LogP contribution in [-0.4, -0.2) is 43.0 Å². The second kappa shape index (κ2) is 8.23. The highest BCUT2D eigenvalue weighted by Gasteiger charge is 2.20. The first-order valence-electron chi connectivity index (χ1n) is 10.3. The minimum absolute atomic E-state index is 0.182. The molecule has 0 bridgehead atoms. The van der Waals surface area contributed by atoms with Crippen molar-refractivity contribution >= 4 is 16.9 Å². The molecule has 10 nitrogen and oxygen atoms in total. The molecule has 0 spiro atoms. The summed E-state index contributed by atoms with van der Waals surface area (Å²) in [6.45, 7) is 2.03. The number of ether oxygens (including phenoxy) is 1. The van der Waals surface area contributed by atoms with Gasteiger partial charge in [-0.1, -0.05) is 0 Å². The van der Waals surface area contributed by atoms with Crippen molar-refractivity contribution in [3.05, 3.63) is 65.8 Å². The van der Waals surface area contributed by atoms with Crippen LogP contribution in [0.5, 0.6) is 5.75 Å². The molecular formula is C23H21N7O3. The van der Waals surface area contributed by atoms with Gasteiger partial charge in [-0.25, -0.2) is 9.97 Å². The third-order valence-corrected chi connectivity index (χ3v) is 5.28. The Morgan fingerprint density at radius 2 is 2.03 bits per heavy atom. The van der Waals surface area contributed by atoms with Gasteiger partial charge in [0.1, 0.15) is 17.3 Å². The summed E-state index contributed by atoms with van der Waals surface area (Å²) in [6.07, 6.45) is 1.57. The summed E-state index contributed by atoms with van der Waals surface area (Å²) < 4.78 is 12.3. The first-order chi connectivity index (χ1) is 16.0. The third kappa shape index (κ3) is 3.82. The number of aromatic nitrogens is 6. The minimum atomic E-state index is -0.270. The second-order valence-electron chi connectivity index (χ2n) is 7.46. The molecule has 2 N–H and O–H groups in total. The Morgan fingerprint density at radius 1 is 1.21 bits per heavy atom. The van der Waals surface area contributed by atoms with Crippen molar-refractivity contribution in [1.29, 1.82) is 0 Å². The highest BCUT2D eigenvalue weighted by atomic mass is 16.5. The Bertz CT molecular complexity index is 1430. The molecule has 0 aliphatic rings. The number of carbonyl (C=O) groups excluding carboxylic acids is 1. The Hall–Kier alpha value is -4.47. The van der Waals surface area contributed by atoms with Gasteiger partial charge in [-0.2, -0.15) is 10.2 Å². The molecule has 0 atom stereocenters. The number of rotatable bonds is 6. The fraction of sp³-hybridized carbons (Fsp3) is 0.174. The van der Waals surface area contributed by atoms with Gasteiger partial charge in [0.2, 0.25) is 0 Å². The molecule has 0 aliphatic carbocycles. The second-order valence-corrected chi connectivity index (χ2v) is 7.46. The van der Waals surface area contributed by atoms with Gasteiger partial charge in [0.15, 0.2) is 17.2 Å². The van der Waals surface area contributed by atoms with E-state index in [1.165, 1.54) is 0 Å². The summed E-state index contributed by atoms with van der Waals surface area (Å²) in [5.41, 5.74) is 3.19. The topological polar surface area (TPSA) is 124 Å². The van der Waals surface area contributed by atoms with Crippen LogP contribution in [-0.2, 0) is 13.6 Å². The Kier molecular flexibility index (Phi) is 5.09. The van der Waals surface area contributed by atoms with Crippen LogP contribution < -0.4 is 10.1 Å². The van der Waals surface area contributed by atoms with Crippen LogP contribution >= 0.6 is 0 Å². The maximum Gasteiger partial charge on any atom is 0.252 e. The Balaban J connectivity index is 1.40. The number of aryl methyl sites for hydroxylation is 2. The van der Waals surface area contributed by atoms with Gasteiger partial charge < -0.3 is 14.5 Å². The molecule has 4 heterocycles. The monoisotopic (exact) mass is 443 g/mol. The molecule has 5 rings (SSSR count).